The molecule has 2 nitrogen and oxygen atoms in total. The Kier molecular flexibility index (Phi) is 5.20. The summed E-state index contributed by atoms with van der Waals surface area (Å²) >= 11 is 0. The Hall–Kier alpha value is -3.94. The Morgan fingerprint density at radius 2 is 1.48 bits per heavy atom. The maximum atomic E-state index is 13.4. The second kappa shape index (κ2) is 8.20. The summed E-state index contributed by atoms with van der Waals surface area (Å²) in [6.45, 7) is 1.63. The maximum Gasteiger partial charge on any atom is 0.340 e. The van der Waals surface area contributed by atoms with E-state index in [4.69, 9.17) is 11.2 Å². The highest BCUT2D eigenvalue weighted by Crippen LogP contribution is 2.48. The normalized spacial score (nSPS) is 12.9. The number of thiophene rings is 1. The predicted molar refractivity (Wildman–Crippen MR) is 133 cm³/mol. The molecule has 0 aliphatic heterocycles. The monoisotopic (exact) mass is 451 g/mol. The lowest BCUT2D eigenvalue weighted by Crippen LogP contribution is -2.27. The molecule has 4 heteroatoms. The van der Waals surface area contributed by atoms with Crippen molar-refractivity contribution in [3.63, 3.8) is 0 Å². The smallest absolute Gasteiger partial charge is 0.340 e. The average Bonchev–Trinajstić information content (AvgIpc) is 3.19. The van der Waals surface area contributed by atoms with Crippen molar-refractivity contribution in [3.8, 4) is 17.2 Å². The quantitative estimate of drug-likeness (QED) is 0.160. The fourth-order valence-corrected chi connectivity index (χ4v) is 6.47. The molecule has 0 bridgehead atoms. The van der Waals surface area contributed by atoms with E-state index in [1.165, 1.54) is 44.4 Å². The van der Waals surface area contributed by atoms with Gasteiger partial charge in [-0.1, -0.05) is 48.4 Å². The van der Waals surface area contributed by atoms with Gasteiger partial charge in [-0.2, -0.15) is 0 Å². The number of rotatable bonds is 4. The van der Waals surface area contributed by atoms with E-state index >= 15 is 0 Å². The molecule has 160 valence electrons. The second-order valence-electron chi connectivity index (χ2n) is 7.90. The highest BCUT2D eigenvalue weighted by atomic mass is 32.2. The first-order valence-corrected chi connectivity index (χ1v) is 11.7. The van der Waals surface area contributed by atoms with E-state index in [1.54, 1.807) is 13.0 Å². The minimum atomic E-state index is -1.31. The van der Waals surface area contributed by atoms with Crippen LogP contribution in [0.4, 0.5) is 4.39 Å². The molecular weight excluding hydrogens is 431 g/mol. The number of esters is 1. The number of benzene rings is 4. The minimum absolute atomic E-state index is 0.321. The van der Waals surface area contributed by atoms with Gasteiger partial charge in [-0.3, -0.25) is 0 Å². The molecule has 1 atom stereocenters. The zero-order valence-electron chi connectivity index (χ0n) is 17.9. The van der Waals surface area contributed by atoms with Crippen molar-refractivity contribution >= 4 is 36.6 Å². The summed E-state index contributed by atoms with van der Waals surface area (Å²) in [5, 5.41) is 2.45. The Balaban J connectivity index is 1.56. The van der Waals surface area contributed by atoms with Gasteiger partial charge in [0.05, 0.1) is 5.56 Å². The van der Waals surface area contributed by atoms with Crippen molar-refractivity contribution in [2.75, 3.05) is 0 Å². The molecule has 1 heterocycles. The molecule has 0 amide bonds. The van der Waals surface area contributed by atoms with Gasteiger partial charge in [0.15, 0.2) is 19.9 Å². The summed E-state index contributed by atoms with van der Waals surface area (Å²) in [4.78, 5) is 14.2. The Morgan fingerprint density at radius 1 is 0.879 bits per heavy atom. The van der Waals surface area contributed by atoms with Crippen LogP contribution in [0.15, 0.2) is 97.1 Å². The van der Waals surface area contributed by atoms with E-state index in [-0.39, 0.29) is 16.3 Å². The maximum absolute atomic E-state index is 13.4. The van der Waals surface area contributed by atoms with Crippen LogP contribution < -0.4 is 0 Å². The van der Waals surface area contributed by atoms with Gasteiger partial charge in [-0.15, -0.1) is 6.42 Å². The lowest BCUT2D eigenvalue weighted by molar-refractivity contribution is 0.0129. The summed E-state index contributed by atoms with van der Waals surface area (Å²) < 4.78 is 21.6. The molecule has 5 rings (SSSR count). The molecule has 1 unspecified atom stereocenters. The number of carbonyl (C=O) groups excluding carboxylic acids is 1. The standard InChI is InChI=1S/C29H20FO2S/c1-3-29(2,21-15-17-22(30)18-16-21)32-28(31)20-9-8-10-23(19-20)33-26-13-6-4-11-24(26)25-12-5-7-14-27(25)33/h1,4-19H,2H3/q+1. The SMILES string of the molecule is C#CC(C)(OC(=O)c1cccc(-[s+]2c3ccccc3c3ccccc32)c1)c1ccc(F)cc1. The number of halogens is 1. The third kappa shape index (κ3) is 3.67. The van der Waals surface area contributed by atoms with E-state index in [2.05, 4.69) is 30.2 Å². The van der Waals surface area contributed by atoms with E-state index < -0.39 is 11.6 Å². The number of terminal acetylenes is 1. The van der Waals surface area contributed by atoms with Crippen molar-refractivity contribution < 1.29 is 13.9 Å². The molecule has 1 aromatic heterocycles. The fraction of sp³-hybridized carbons (Fsp3) is 0.0690. The Morgan fingerprint density at radius 3 is 2.09 bits per heavy atom. The average molecular weight is 452 g/mol. The molecule has 0 radical (unpaired) electrons. The lowest BCUT2D eigenvalue weighted by Gasteiger charge is -2.24. The predicted octanol–water partition coefficient (Wildman–Crippen LogP) is 7.58. The van der Waals surface area contributed by atoms with Crippen LogP contribution >= 0.6 is 10.5 Å². The van der Waals surface area contributed by atoms with Crippen LogP contribution in [0.2, 0.25) is 0 Å². The largest absolute Gasteiger partial charge is 0.438 e. The number of carbonyl (C=O) groups is 1. The third-order valence-electron chi connectivity index (χ3n) is 5.78. The summed E-state index contributed by atoms with van der Waals surface area (Å²) in [5.41, 5.74) is -0.350. The number of hydrogen-bond acceptors (Lipinski definition) is 2. The van der Waals surface area contributed by atoms with E-state index in [0.29, 0.717) is 11.1 Å². The van der Waals surface area contributed by atoms with Gasteiger partial charge in [0, 0.05) is 32.9 Å². The van der Waals surface area contributed by atoms with Gasteiger partial charge in [0.25, 0.3) is 0 Å². The second-order valence-corrected chi connectivity index (χ2v) is 9.86. The van der Waals surface area contributed by atoms with E-state index in [1.807, 2.05) is 42.5 Å². The first kappa shape index (κ1) is 20.9. The zero-order valence-corrected chi connectivity index (χ0v) is 18.7. The summed E-state index contributed by atoms with van der Waals surface area (Å²) in [7, 11) is -0.321. The van der Waals surface area contributed by atoms with E-state index in [9.17, 15) is 9.18 Å². The molecule has 0 spiro atoms. The van der Waals surface area contributed by atoms with Gasteiger partial charge in [-0.05, 0) is 55.5 Å². The topological polar surface area (TPSA) is 26.3 Å². The number of ether oxygens (including phenoxy) is 1. The lowest BCUT2D eigenvalue weighted by atomic mass is 9.96. The third-order valence-corrected chi connectivity index (χ3v) is 8.09. The van der Waals surface area contributed by atoms with Crippen LogP contribution in [-0.4, -0.2) is 5.97 Å². The fourth-order valence-electron chi connectivity index (χ4n) is 4.04. The highest BCUT2D eigenvalue weighted by Gasteiger charge is 2.30. The molecule has 0 saturated heterocycles. The van der Waals surface area contributed by atoms with Crippen LogP contribution in [-0.2, 0) is 10.3 Å². The molecular formula is C29H20FO2S+. The van der Waals surface area contributed by atoms with Gasteiger partial charge >= 0.3 is 5.97 Å². The van der Waals surface area contributed by atoms with Gasteiger partial charge in [0.1, 0.15) is 5.82 Å². The van der Waals surface area contributed by atoms with Crippen LogP contribution in [0, 0.1) is 18.2 Å². The van der Waals surface area contributed by atoms with Crippen LogP contribution in [0.25, 0.3) is 25.1 Å². The van der Waals surface area contributed by atoms with Crippen LogP contribution in [0.5, 0.6) is 0 Å². The Labute approximate surface area is 194 Å². The molecule has 0 aliphatic rings. The molecule has 5 aromatic rings. The molecule has 33 heavy (non-hydrogen) atoms. The molecule has 0 saturated carbocycles. The molecule has 0 fully saturated rings. The van der Waals surface area contributed by atoms with Crippen molar-refractivity contribution in [3.05, 3.63) is 114 Å². The minimum Gasteiger partial charge on any atom is -0.438 e. The van der Waals surface area contributed by atoms with Crippen molar-refractivity contribution in [1.29, 1.82) is 0 Å². The summed E-state index contributed by atoms with van der Waals surface area (Å²) in [6, 6.07) is 29.9. The molecule has 0 aliphatic carbocycles. The first-order chi connectivity index (χ1) is 16.0. The Bertz CT molecular complexity index is 1490. The number of fused-ring (bicyclic) bond motifs is 3. The van der Waals surface area contributed by atoms with Gasteiger partial charge in [-0.25, -0.2) is 9.18 Å². The van der Waals surface area contributed by atoms with Crippen LogP contribution in [0.3, 0.4) is 0 Å². The number of hydrogen-bond donors (Lipinski definition) is 0. The molecule has 4 aromatic carbocycles. The summed E-state index contributed by atoms with van der Waals surface area (Å²) in [6.07, 6.45) is 5.72. The first-order valence-electron chi connectivity index (χ1n) is 10.5. The van der Waals surface area contributed by atoms with E-state index in [0.717, 1.165) is 4.90 Å². The van der Waals surface area contributed by atoms with Crippen molar-refractivity contribution in [2.24, 2.45) is 0 Å². The zero-order chi connectivity index (χ0) is 23.0. The van der Waals surface area contributed by atoms with Gasteiger partial charge < -0.3 is 4.74 Å². The molecule has 0 N–H and O–H groups in total. The highest BCUT2D eigenvalue weighted by molar-refractivity contribution is 7.50. The van der Waals surface area contributed by atoms with Crippen molar-refractivity contribution in [1.82, 2.24) is 0 Å². The van der Waals surface area contributed by atoms with Gasteiger partial charge in [0.2, 0.25) is 0 Å². The van der Waals surface area contributed by atoms with Crippen molar-refractivity contribution in [2.45, 2.75) is 12.5 Å². The summed E-state index contributed by atoms with van der Waals surface area (Å²) in [5.74, 6) is 1.65. The van der Waals surface area contributed by atoms with Crippen LogP contribution in [0.1, 0.15) is 22.8 Å².